The first-order valence-electron chi connectivity index (χ1n) is 11.4. The van der Waals surface area contributed by atoms with Gasteiger partial charge in [0.15, 0.2) is 4.87 Å². The molecule has 2 heterocycles. The van der Waals surface area contributed by atoms with E-state index in [0.717, 1.165) is 16.7 Å². The molecule has 0 unspecified atom stereocenters. The molecule has 2 aliphatic rings. The number of amides is 3. The summed E-state index contributed by atoms with van der Waals surface area (Å²) < 4.78 is 29.0. The van der Waals surface area contributed by atoms with Crippen LogP contribution in [0.15, 0.2) is 54.6 Å². The number of fused-ring (bicyclic) bond motifs is 2. The van der Waals surface area contributed by atoms with E-state index in [1.165, 1.54) is 34.9 Å². The smallest absolute Gasteiger partial charge is 0.308 e. The summed E-state index contributed by atoms with van der Waals surface area (Å²) >= 11 is 1.37. The molecule has 0 radical (unpaired) electrons. The van der Waals surface area contributed by atoms with Crippen molar-refractivity contribution in [1.82, 2.24) is 4.90 Å². The first-order chi connectivity index (χ1) is 16.7. The number of aryl methyl sites for hydroxylation is 3. The van der Waals surface area contributed by atoms with Crippen molar-refractivity contribution in [2.75, 3.05) is 22.5 Å². The Hall–Kier alpha value is -3.39. The molecule has 3 amide bonds. The van der Waals surface area contributed by atoms with Crippen LogP contribution in [0.25, 0.3) is 0 Å². The summed E-state index contributed by atoms with van der Waals surface area (Å²) in [6.45, 7) is 5.98. The number of nitrogens with zero attached hydrogens (tertiary/aromatic N) is 2. The van der Waals surface area contributed by atoms with Gasteiger partial charge < -0.3 is 10.2 Å². The first-order valence-corrected chi connectivity index (χ1v) is 12.4. The van der Waals surface area contributed by atoms with E-state index in [0.29, 0.717) is 29.2 Å². The van der Waals surface area contributed by atoms with E-state index < -0.39 is 22.5 Å². The minimum Gasteiger partial charge on any atom is -0.308 e. The van der Waals surface area contributed by atoms with Gasteiger partial charge in [-0.2, -0.15) is 0 Å². The van der Waals surface area contributed by atoms with Crippen molar-refractivity contribution < 1.29 is 18.4 Å². The van der Waals surface area contributed by atoms with E-state index in [2.05, 4.69) is 5.32 Å². The minimum absolute atomic E-state index is 0.182. The number of hydrogen-bond donors (Lipinski definition) is 1. The summed E-state index contributed by atoms with van der Waals surface area (Å²) in [5, 5.41) is 2.93. The number of carbonyl (C=O) groups is 2. The van der Waals surface area contributed by atoms with Crippen LogP contribution in [0.3, 0.4) is 0 Å². The van der Waals surface area contributed by atoms with E-state index in [1.54, 1.807) is 11.0 Å². The number of benzene rings is 3. The van der Waals surface area contributed by atoms with Crippen molar-refractivity contribution in [2.24, 2.45) is 0 Å². The van der Waals surface area contributed by atoms with Crippen molar-refractivity contribution in [3.8, 4) is 0 Å². The molecule has 1 spiro atoms. The topological polar surface area (TPSA) is 52.7 Å². The van der Waals surface area contributed by atoms with Crippen molar-refractivity contribution >= 4 is 35.1 Å². The second-order valence-electron chi connectivity index (χ2n) is 8.99. The highest BCUT2D eigenvalue weighted by atomic mass is 32.2. The van der Waals surface area contributed by atoms with Gasteiger partial charge in [0.05, 0.1) is 12.2 Å². The van der Waals surface area contributed by atoms with E-state index in [4.69, 9.17) is 0 Å². The molecule has 3 aromatic rings. The van der Waals surface area contributed by atoms with Gasteiger partial charge in [-0.05, 0) is 62.2 Å². The van der Waals surface area contributed by atoms with Crippen molar-refractivity contribution in [2.45, 2.75) is 32.2 Å². The zero-order chi connectivity index (χ0) is 24.9. The molecule has 8 heteroatoms. The Kier molecular flexibility index (Phi) is 5.79. The molecule has 0 saturated carbocycles. The largest absolute Gasteiger partial charge is 0.323 e. The highest BCUT2D eigenvalue weighted by Crippen LogP contribution is 2.54. The molecule has 3 aromatic carbocycles. The Morgan fingerprint density at radius 1 is 1.03 bits per heavy atom. The van der Waals surface area contributed by atoms with Gasteiger partial charge in [-0.1, -0.05) is 29.8 Å². The van der Waals surface area contributed by atoms with Gasteiger partial charge in [0.2, 0.25) is 0 Å². The molecule has 5 nitrogen and oxygen atoms in total. The van der Waals surface area contributed by atoms with Crippen LogP contribution >= 0.6 is 11.8 Å². The number of rotatable bonds is 3. The molecule has 2 aliphatic heterocycles. The maximum atomic E-state index is 14.5. The van der Waals surface area contributed by atoms with Crippen LogP contribution in [0.1, 0.15) is 27.8 Å². The van der Waals surface area contributed by atoms with Gasteiger partial charge in [-0.3, -0.25) is 9.69 Å². The number of hydrogen-bond acceptors (Lipinski definition) is 3. The summed E-state index contributed by atoms with van der Waals surface area (Å²) in [4.78, 5) is 29.2. The summed E-state index contributed by atoms with van der Waals surface area (Å²) in [5.41, 5.74) is 4.77. The molecule has 1 atom stereocenters. The fraction of sp³-hybridized carbons (Fsp3) is 0.259. The number of thioether (sulfide) groups is 1. The molecular weight excluding hydrogens is 468 g/mol. The third-order valence-electron chi connectivity index (χ3n) is 6.73. The Morgan fingerprint density at radius 3 is 2.49 bits per heavy atom. The van der Waals surface area contributed by atoms with E-state index >= 15 is 0 Å². The summed E-state index contributed by atoms with van der Waals surface area (Å²) in [5.74, 6) is -1.24. The van der Waals surface area contributed by atoms with Crippen LogP contribution < -0.4 is 10.2 Å². The molecule has 1 fully saturated rings. The quantitative estimate of drug-likeness (QED) is 0.497. The third kappa shape index (κ3) is 3.76. The summed E-state index contributed by atoms with van der Waals surface area (Å²) in [6.07, 6.45) is 0. The lowest BCUT2D eigenvalue weighted by atomic mass is 10.0. The van der Waals surface area contributed by atoms with Crippen LogP contribution in [0.4, 0.5) is 25.0 Å². The second-order valence-corrected chi connectivity index (χ2v) is 10.3. The number of carbonyl (C=O) groups excluding carboxylic acids is 2. The van der Waals surface area contributed by atoms with Gasteiger partial charge in [0.25, 0.3) is 5.91 Å². The van der Waals surface area contributed by atoms with Crippen molar-refractivity contribution in [3.05, 3.63) is 94.0 Å². The predicted molar refractivity (Wildman–Crippen MR) is 135 cm³/mol. The lowest BCUT2D eigenvalue weighted by Gasteiger charge is -2.33. The molecule has 180 valence electrons. The first kappa shape index (κ1) is 23.4. The third-order valence-corrected chi connectivity index (χ3v) is 8.15. The molecule has 35 heavy (non-hydrogen) atoms. The Morgan fingerprint density at radius 2 is 1.77 bits per heavy atom. The van der Waals surface area contributed by atoms with Crippen LogP contribution in [0.2, 0.25) is 0 Å². The monoisotopic (exact) mass is 493 g/mol. The molecule has 1 N–H and O–H groups in total. The van der Waals surface area contributed by atoms with Crippen LogP contribution in [0, 0.1) is 32.4 Å². The van der Waals surface area contributed by atoms with Gasteiger partial charge in [-0.15, -0.1) is 11.8 Å². The average molecular weight is 494 g/mol. The van der Waals surface area contributed by atoms with Crippen LogP contribution in [-0.4, -0.2) is 29.1 Å². The van der Waals surface area contributed by atoms with E-state index in [1.807, 2.05) is 51.1 Å². The number of anilines is 2. The van der Waals surface area contributed by atoms with Gasteiger partial charge in [0, 0.05) is 29.1 Å². The fourth-order valence-corrected chi connectivity index (χ4v) is 6.19. The molecule has 0 aliphatic carbocycles. The molecular formula is C27H25F2N3O2S. The normalized spacial score (nSPS) is 18.9. The van der Waals surface area contributed by atoms with E-state index in [9.17, 15) is 18.4 Å². The lowest BCUT2D eigenvalue weighted by Crippen LogP contribution is -2.51. The highest BCUT2D eigenvalue weighted by molar-refractivity contribution is 8.01. The number of halogens is 2. The standard InChI is InChI=1S/C27H25F2N3O2S/c1-16-7-10-24-21(13-16)27(25(33)31(24)15-20-22(28)5-4-6-23(20)29)32(11-12-35-27)26(34)30-19-9-8-17(2)18(3)14-19/h4-10,13-14H,11-12,15H2,1-3H3,(H,30,34)/t27-/m1/s1. The Labute approximate surface area is 207 Å². The lowest BCUT2D eigenvalue weighted by molar-refractivity contribution is -0.123. The Bertz CT molecular complexity index is 1340. The maximum Gasteiger partial charge on any atom is 0.323 e. The van der Waals surface area contributed by atoms with Crippen molar-refractivity contribution in [3.63, 3.8) is 0 Å². The summed E-state index contributed by atoms with van der Waals surface area (Å²) in [6, 6.07) is 14.5. The van der Waals surface area contributed by atoms with Gasteiger partial charge >= 0.3 is 6.03 Å². The zero-order valence-corrected chi connectivity index (χ0v) is 20.5. The number of nitrogens with one attached hydrogen (secondary N) is 1. The molecule has 0 bridgehead atoms. The van der Waals surface area contributed by atoms with E-state index in [-0.39, 0.29) is 18.0 Å². The molecule has 5 rings (SSSR count). The fourth-order valence-electron chi connectivity index (χ4n) is 4.74. The Balaban J connectivity index is 1.55. The van der Waals surface area contributed by atoms with Gasteiger partial charge in [0.1, 0.15) is 11.6 Å². The van der Waals surface area contributed by atoms with Crippen LogP contribution in [0.5, 0.6) is 0 Å². The minimum atomic E-state index is -1.30. The summed E-state index contributed by atoms with van der Waals surface area (Å²) in [7, 11) is 0. The molecule has 1 saturated heterocycles. The SMILES string of the molecule is Cc1ccc2c(c1)[C@@]1(SCCN1C(=O)Nc1ccc(C)c(C)c1)C(=O)N2Cc1c(F)cccc1F. The average Bonchev–Trinajstić information content (AvgIpc) is 3.35. The second kappa shape index (κ2) is 8.68. The predicted octanol–water partition coefficient (Wildman–Crippen LogP) is 5.87. The maximum absolute atomic E-state index is 14.5. The number of urea groups is 1. The van der Waals surface area contributed by atoms with Gasteiger partial charge in [-0.25, -0.2) is 13.6 Å². The van der Waals surface area contributed by atoms with Crippen molar-refractivity contribution in [1.29, 1.82) is 0 Å². The zero-order valence-electron chi connectivity index (χ0n) is 19.7. The highest BCUT2D eigenvalue weighted by Gasteiger charge is 2.59. The molecule has 0 aromatic heterocycles. The van der Waals surface area contributed by atoms with Crippen LogP contribution in [-0.2, 0) is 16.2 Å².